The molecule has 0 radical (unpaired) electrons. The monoisotopic (exact) mass is 204 g/mol. The molecule has 1 aromatic rings. The number of rotatable bonds is 2. The second-order valence-corrected chi connectivity index (χ2v) is 5.01. The largest absolute Gasteiger partial charge is 0.493 e. The summed E-state index contributed by atoms with van der Waals surface area (Å²) >= 11 is 0. The summed E-state index contributed by atoms with van der Waals surface area (Å²) in [4.78, 5) is 0. The molecule has 0 fully saturated rings. The summed E-state index contributed by atoms with van der Waals surface area (Å²) in [5.74, 6) is 1.09. The van der Waals surface area contributed by atoms with E-state index in [1.54, 1.807) is 0 Å². The summed E-state index contributed by atoms with van der Waals surface area (Å²) in [6, 6.07) is 6.69. The second kappa shape index (κ2) is 3.88. The zero-order chi connectivity index (χ0) is 10.9. The minimum absolute atomic E-state index is 0.284. The first-order chi connectivity index (χ1) is 7.13. The predicted octanol–water partition coefficient (Wildman–Crippen LogP) is 3.70. The van der Waals surface area contributed by atoms with Gasteiger partial charge in [0.15, 0.2) is 0 Å². The van der Waals surface area contributed by atoms with Crippen LogP contribution in [0.1, 0.15) is 44.7 Å². The van der Waals surface area contributed by atoms with E-state index in [0.717, 1.165) is 18.8 Å². The topological polar surface area (TPSA) is 9.23 Å². The van der Waals surface area contributed by atoms with E-state index in [-0.39, 0.29) is 5.41 Å². The van der Waals surface area contributed by atoms with Crippen molar-refractivity contribution in [2.24, 2.45) is 0 Å². The summed E-state index contributed by atoms with van der Waals surface area (Å²) in [5.41, 5.74) is 3.11. The van der Waals surface area contributed by atoms with Gasteiger partial charge in [-0.1, -0.05) is 32.9 Å². The highest BCUT2D eigenvalue weighted by molar-refractivity contribution is 5.40. The van der Waals surface area contributed by atoms with E-state index in [9.17, 15) is 0 Å². The molecule has 82 valence electrons. The van der Waals surface area contributed by atoms with E-state index in [1.807, 2.05) is 0 Å². The van der Waals surface area contributed by atoms with Crippen LogP contribution in [-0.2, 0) is 11.8 Å². The van der Waals surface area contributed by atoms with Gasteiger partial charge in [0, 0.05) is 0 Å². The van der Waals surface area contributed by atoms with Crippen molar-refractivity contribution in [1.29, 1.82) is 0 Å². The molecule has 0 spiro atoms. The fourth-order valence-electron chi connectivity index (χ4n) is 1.99. The number of hydrogen-bond acceptors (Lipinski definition) is 1. The van der Waals surface area contributed by atoms with Crippen LogP contribution in [0.3, 0.4) is 0 Å². The van der Waals surface area contributed by atoms with Gasteiger partial charge in [-0.05, 0) is 41.9 Å². The minimum atomic E-state index is 0.284. The van der Waals surface area contributed by atoms with Gasteiger partial charge in [-0.15, -0.1) is 0 Å². The number of benzene rings is 1. The number of aryl methyl sites for hydroxylation is 1. The van der Waals surface area contributed by atoms with Crippen molar-refractivity contribution in [2.75, 3.05) is 6.61 Å². The third kappa shape index (κ3) is 2.01. The van der Waals surface area contributed by atoms with Crippen LogP contribution in [0.5, 0.6) is 5.75 Å². The molecule has 0 bridgehead atoms. The Hall–Kier alpha value is -0.980. The lowest BCUT2D eigenvalue weighted by Gasteiger charge is -2.26. The Morgan fingerprint density at radius 3 is 2.87 bits per heavy atom. The molecule has 1 aliphatic heterocycles. The molecule has 0 N–H and O–H groups in total. The first kappa shape index (κ1) is 10.5. The van der Waals surface area contributed by atoms with Crippen LogP contribution in [0, 0.1) is 0 Å². The van der Waals surface area contributed by atoms with Crippen molar-refractivity contribution in [3.63, 3.8) is 0 Å². The van der Waals surface area contributed by atoms with Crippen LogP contribution in [0.25, 0.3) is 0 Å². The molecule has 2 rings (SSSR count). The van der Waals surface area contributed by atoms with Gasteiger partial charge in [0.05, 0.1) is 6.61 Å². The van der Waals surface area contributed by atoms with Crippen molar-refractivity contribution >= 4 is 0 Å². The Kier molecular flexibility index (Phi) is 2.72. The fourth-order valence-corrected chi connectivity index (χ4v) is 1.99. The molecule has 0 atom stereocenters. The van der Waals surface area contributed by atoms with Crippen molar-refractivity contribution in [3.05, 3.63) is 29.3 Å². The molecule has 1 heteroatoms. The van der Waals surface area contributed by atoms with Crippen molar-refractivity contribution < 1.29 is 4.74 Å². The Morgan fingerprint density at radius 1 is 1.33 bits per heavy atom. The molecule has 15 heavy (non-hydrogen) atoms. The third-order valence-corrected chi connectivity index (χ3v) is 3.57. The van der Waals surface area contributed by atoms with E-state index in [1.165, 1.54) is 24.0 Å². The van der Waals surface area contributed by atoms with Gasteiger partial charge in [0.25, 0.3) is 0 Å². The molecule has 0 unspecified atom stereocenters. The molecule has 0 amide bonds. The van der Waals surface area contributed by atoms with Gasteiger partial charge < -0.3 is 4.74 Å². The van der Waals surface area contributed by atoms with Crippen LogP contribution in [-0.4, -0.2) is 6.61 Å². The van der Waals surface area contributed by atoms with Crippen LogP contribution in [0.4, 0.5) is 0 Å². The zero-order valence-corrected chi connectivity index (χ0v) is 9.97. The summed E-state index contributed by atoms with van der Waals surface area (Å²) in [6.07, 6.45) is 3.50. The van der Waals surface area contributed by atoms with Gasteiger partial charge in [-0.2, -0.15) is 0 Å². The molecule has 1 nitrogen and oxygen atoms in total. The molecule has 1 aromatic carbocycles. The van der Waals surface area contributed by atoms with Crippen LogP contribution in [0.15, 0.2) is 18.2 Å². The Bertz CT molecular complexity index is 352. The SMILES string of the molecule is CCC(C)(C)c1ccc2c(c1)CCCO2. The van der Waals surface area contributed by atoms with E-state index in [2.05, 4.69) is 39.0 Å². The van der Waals surface area contributed by atoms with Crippen LogP contribution < -0.4 is 4.74 Å². The van der Waals surface area contributed by atoms with Gasteiger partial charge in [-0.3, -0.25) is 0 Å². The van der Waals surface area contributed by atoms with Gasteiger partial charge in [0.2, 0.25) is 0 Å². The molecule has 1 heterocycles. The van der Waals surface area contributed by atoms with Crippen molar-refractivity contribution in [1.82, 2.24) is 0 Å². The Morgan fingerprint density at radius 2 is 2.13 bits per heavy atom. The van der Waals surface area contributed by atoms with Crippen molar-refractivity contribution in [2.45, 2.75) is 45.4 Å². The molecule has 1 aliphatic rings. The normalized spacial score (nSPS) is 15.7. The quantitative estimate of drug-likeness (QED) is 0.713. The first-order valence-corrected chi connectivity index (χ1v) is 5.90. The second-order valence-electron chi connectivity index (χ2n) is 5.01. The highest BCUT2D eigenvalue weighted by Gasteiger charge is 2.20. The molecule has 0 saturated heterocycles. The van der Waals surface area contributed by atoms with Gasteiger partial charge in [0.1, 0.15) is 5.75 Å². The van der Waals surface area contributed by atoms with Gasteiger partial charge >= 0.3 is 0 Å². The lowest BCUT2D eigenvalue weighted by atomic mass is 9.81. The predicted molar refractivity (Wildman–Crippen MR) is 63.6 cm³/mol. The van der Waals surface area contributed by atoms with Crippen LogP contribution in [0.2, 0.25) is 0 Å². The van der Waals surface area contributed by atoms with Crippen molar-refractivity contribution in [3.8, 4) is 5.75 Å². The van der Waals surface area contributed by atoms with Crippen LogP contribution >= 0.6 is 0 Å². The highest BCUT2D eigenvalue weighted by atomic mass is 16.5. The fraction of sp³-hybridized carbons (Fsp3) is 0.571. The molecular weight excluding hydrogens is 184 g/mol. The number of hydrogen-bond donors (Lipinski definition) is 0. The van der Waals surface area contributed by atoms with E-state index < -0.39 is 0 Å². The Balaban J connectivity index is 2.36. The maximum atomic E-state index is 5.62. The Labute approximate surface area is 92.5 Å². The summed E-state index contributed by atoms with van der Waals surface area (Å²) in [6.45, 7) is 7.73. The average Bonchev–Trinajstić information content (AvgIpc) is 2.28. The maximum absolute atomic E-state index is 5.62. The molecule has 0 aromatic heterocycles. The van der Waals surface area contributed by atoms with E-state index in [4.69, 9.17) is 4.74 Å². The number of fused-ring (bicyclic) bond motifs is 1. The summed E-state index contributed by atoms with van der Waals surface area (Å²) in [5, 5.41) is 0. The minimum Gasteiger partial charge on any atom is -0.493 e. The van der Waals surface area contributed by atoms with E-state index >= 15 is 0 Å². The highest BCUT2D eigenvalue weighted by Crippen LogP contribution is 2.32. The lowest BCUT2D eigenvalue weighted by Crippen LogP contribution is -2.17. The maximum Gasteiger partial charge on any atom is 0.122 e. The van der Waals surface area contributed by atoms with Gasteiger partial charge in [-0.25, -0.2) is 0 Å². The summed E-state index contributed by atoms with van der Waals surface area (Å²) < 4.78 is 5.62. The smallest absolute Gasteiger partial charge is 0.122 e. The molecule has 0 aliphatic carbocycles. The zero-order valence-electron chi connectivity index (χ0n) is 9.97. The summed E-state index contributed by atoms with van der Waals surface area (Å²) in [7, 11) is 0. The number of ether oxygens (including phenoxy) is 1. The van der Waals surface area contributed by atoms with E-state index in [0.29, 0.717) is 0 Å². The average molecular weight is 204 g/mol. The first-order valence-electron chi connectivity index (χ1n) is 5.90. The molecular formula is C14H20O. The standard InChI is InChI=1S/C14H20O/c1-4-14(2,3)12-7-8-13-11(10-12)6-5-9-15-13/h7-8,10H,4-6,9H2,1-3H3. The lowest BCUT2D eigenvalue weighted by molar-refractivity contribution is 0.288. The third-order valence-electron chi connectivity index (χ3n) is 3.57. The molecule has 0 saturated carbocycles.